The van der Waals surface area contributed by atoms with Gasteiger partial charge < -0.3 is 10.1 Å². The second-order valence-electron chi connectivity index (χ2n) is 9.74. The first-order chi connectivity index (χ1) is 20.4. The third-order valence-electron chi connectivity index (χ3n) is 6.23. The summed E-state index contributed by atoms with van der Waals surface area (Å²) in [5, 5.41) is 11.5. The van der Waals surface area contributed by atoms with Crippen LogP contribution in [-0.4, -0.2) is 39.4 Å². The van der Waals surface area contributed by atoms with Crippen LogP contribution < -0.4 is 15.0 Å². The van der Waals surface area contributed by atoms with Crippen molar-refractivity contribution in [3.8, 4) is 26.9 Å². The number of aryl methyl sites for hydroxylation is 1. The topological polar surface area (TPSA) is 96.8 Å². The van der Waals surface area contributed by atoms with Crippen LogP contribution in [0.15, 0.2) is 65.7 Å². The lowest BCUT2D eigenvalue weighted by Gasteiger charge is -2.22. The lowest BCUT2D eigenvalue weighted by molar-refractivity contribution is -0.274. The predicted octanol–water partition coefficient (Wildman–Crippen LogP) is 8.01. The number of aromatic nitrogens is 2. The Bertz CT molecular complexity index is 1720. The highest BCUT2D eigenvalue weighted by Crippen LogP contribution is 2.35. The van der Waals surface area contributed by atoms with Crippen LogP contribution in [0.3, 0.4) is 0 Å². The van der Waals surface area contributed by atoms with Gasteiger partial charge in [0.25, 0.3) is 0 Å². The molecule has 5 rings (SSSR count). The number of thioether (sulfide) groups is 1. The summed E-state index contributed by atoms with van der Waals surface area (Å²) in [6.45, 7) is 5.93. The number of nitrogens with zero attached hydrogens (tertiary/aromatic N) is 4. The Morgan fingerprint density at radius 1 is 1.02 bits per heavy atom. The van der Waals surface area contributed by atoms with E-state index in [0.717, 1.165) is 46.4 Å². The molecule has 0 radical (unpaired) electrons. The number of aliphatic imine (C=N–C) groups is 1. The molecule has 4 aromatic rings. The first-order valence-corrected chi connectivity index (χ1v) is 14.6. The average Bonchev–Trinajstić information content (AvgIpc) is 3.56. The Morgan fingerprint density at radius 2 is 1.70 bits per heavy atom. The van der Waals surface area contributed by atoms with Gasteiger partial charge in [-0.15, -0.1) is 23.4 Å². The van der Waals surface area contributed by atoms with E-state index < -0.39 is 18.2 Å². The number of amides is 3. The fourth-order valence-electron chi connectivity index (χ4n) is 4.25. The molecular weight excluding hydrogens is 606 g/mol. The van der Waals surface area contributed by atoms with Gasteiger partial charge in [0.2, 0.25) is 5.91 Å². The highest BCUT2D eigenvalue weighted by atomic mass is 32.2. The van der Waals surface area contributed by atoms with E-state index in [1.165, 1.54) is 35.2 Å². The lowest BCUT2D eigenvalue weighted by atomic mass is 9.99. The second kappa shape index (κ2) is 12.1. The minimum Gasteiger partial charge on any atom is -0.406 e. The molecule has 0 unspecified atom stereocenters. The van der Waals surface area contributed by atoms with E-state index in [4.69, 9.17) is 0 Å². The lowest BCUT2D eigenvalue weighted by Crippen LogP contribution is -2.31. The Balaban J connectivity index is 1.31. The maximum absolute atomic E-state index is 15.0. The van der Waals surface area contributed by atoms with Crippen LogP contribution in [0, 0.1) is 12.7 Å². The van der Waals surface area contributed by atoms with Gasteiger partial charge in [-0.05, 0) is 72.5 Å². The molecule has 2 heterocycles. The third-order valence-corrected chi connectivity index (χ3v) is 8.17. The number of halogens is 4. The number of hydrogen-bond acceptors (Lipinski definition) is 7. The molecule has 3 aromatic carbocycles. The predicted molar refractivity (Wildman–Crippen MR) is 159 cm³/mol. The van der Waals surface area contributed by atoms with Crippen LogP contribution in [0.25, 0.3) is 21.1 Å². The van der Waals surface area contributed by atoms with Gasteiger partial charge >= 0.3 is 12.4 Å². The summed E-state index contributed by atoms with van der Waals surface area (Å²) in [5.74, 6) is -1.08. The fraction of sp³-hybridized carbons (Fsp3) is 0.207. The first-order valence-electron chi connectivity index (χ1n) is 12.8. The molecule has 0 saturated carbocycles. The monoisotopic (exact) mass is 629 g/mol. The number of nitrogens with one attached hydrogen (secondary N) is 1. The number of carbonyl (C=O) groups is 2. The molecule has 43 heavy (non-hydrogen) atoms. The molecular formula is C29H23F4N5O3S2. The van der Waals surface area contributed by atoms with Gasteiger partial charge in [-0.2, -0.15) is 4.99 Å². The van der Waals surface area contributed by atoms with Crippen molar-refractivity contribution >= 4 is 51.6 Å². The number of ether oxygens (including phenoxy) is 1. The number of carbonyl (C=O) groups excluding carboxylic acids is 2. The summed E-state index contributed by atoms with van der Waals surface area (Å²) < 4.78 is 56.1. The largest absolute Gasteiger partial charge is 0.573 e. The standard InChI is InChI=1S/C29H23F4N5O3S2/c1-15(2)20-10-4-16(3)12-23(20)38-24(39)14-42-28(38)35-27(40)34-22-11-7-18(13-21(22)30)26-37-36-25(43-26)17-5-8-19(9-6-17)41-29(31,32)33/h4-13,15H,14H2,1-3H3,(H,34,40). The maximum atomic E-state index is 15.0. The van der Waals surface area contributed by atoms with E-state index in [9.17, 15) is 22.8 Å². The average molecular weight is 630 g/mol. The van der Waals surface area contributed by atoms with Crippen LogP contribution in [0.4, 0.5) is 33.7 Å². The van der Waals surface area contributed by atoms with Crippen molar-refractivity contribution in [3.05, 3.63) is 77.6 Å². The van der Waals surface area contributed by atoms with Crippen LogP contribution in [0.1, 0.15) is 30.9 Å². The zero-order valence-corrected chi connectivity index (χ0v) is 24.5. The Hall–Kier alpha value is -4.30. The number of benzene rings is 3. The SMILES string of the molecule is Cc1ccc(C(C)C)c(N2C(=O)CSC2=NC(=O)Nc2ccc(-c3nnc(-c4ccc(OC(F)(F)F)cc4)s3)cc2F)c1. The van der Waals surface area contributed by atoms with Crippen LogP contribution in [0.5, 0.6) is 5.75 Å². The molecule has 0 spiro atoms. The quantitative estimate of drug-likeness (QED) is 0.217. The number of urea groups is 1. The van der Waals surface area contributed by atoms with Crippen LogP contribution in [0.2, 0.25) is 0 Å². The van der Waals surface area contributed by atoms with E-state index >= 15 is 4.39 Å². The van der Waals surface area contributed by atoms with E-state index in [0.29, 0.717) is 26.8 Å². The van der Waals surface area contributed by atoms with Crippen molar-refractivity contribution in [2.75, 3.05) is 16.0 Å². The van der Waals surface area contributed by atoms with Gasteiger partial charge in [0, 0.05) is 11.1 Å². The number of alkyl halides is 3. The fourth-order valence-corrected chi connectivity index (χ4v) is 5.96. The second-order valence-corrected chi connectivity index (χ2v) is 11.7. The van der Waals surface area contributed by atoms with Crippen molar-refractivity contribution in [2.45, 2.75) is 33.1 Å². The summed E-state index contributed by atoms with van der Waals surface area (Å²) in [4.78, 5) is 31.1. The summed E-state index contributed by atoms with van der Waals surface area (Å²) >= 11 is 2.24. The van der Waals surface area contributed by atoms with Gasteiger partial charge in [-0.1, -0.05) is 49.1 Å². The van der Waals surface area contributed by atoms with E-state index in [1.54, 1.807) is 0 Å². The van der Waals surface area contributed by atoms with Crippen LogP contribution in [-0.2, 0) is 4.79 Å². The zero-order valence-electron chi connectivity index (χ0n) is 22.9. The molecule has 1 fully saturated rings. The van der Waals surface area contributed by atoms with Crippen molar-refractivity contribution in [3.63, 3.8) is 0 Å². The highest BCUT2D eigenvalue weighted by Gasteiger charge is 2.33. The van der Waals surface area contributed by atoms with E-state index in [2.05, 4.69) is 25.2 Å². The smallest absolute Gasteiger partial charge is 0.406 e. The third kappa shape index (κ3) is 7.03. The molecule has 0 bridgehead atoms. The molecule has 8 nitrogen and oxygen atoms in total. The van der Waals surface area contributed by atoms with Crippen LogP contribution >= 0.6 is 23.1 Å². The molecule has 1 saturated heterocycles. The number of hydrogen-bond donors (Lipinski definition) is 1. The van der Waals surface area contributed by atoms with Crippen molar-refractivity contribution < 1.29 is 31.9 Å². The number of anilines is 2. The van der Waals surface area contributed by atoms with Crippen molar-refractivity contribution in [1.29, 1.82) is 0 Å². The Labute approximate surface area is 251 Å². The van der Waals surface area contributed by atoms with Crippen molar-refractivity contribution in [1.82, 2.24) is 10.2 Å². The van der Waals surface area contributed by atoms with Gasteiger partial charge in [0.05, 0.1) is 17.1 Å². The minimum atomic E-state index is -4.80. The first kappa shape index (κ1) is 30.2. The molecule has 1 aliphatic rings. The molecule has 1 aromatic heterocycles. The van der Waals surface area contributed by atoms with E-state index in [1.807, 2.05) is 39.0 Å². The molecule has 0 atom stereocenters. The molecule has 0 aliphatic carbocycles. The Morgan fingerprint density at radius 3 is 2.35 bits per heavy atom. The Kier molecular flexibility index (Phi) is 8.51. The number of rotatable bonds is 6. The molecule has 1 aliphatic heterocycles. The molecule has 222 valence electrons. The number of amidine groups is 1. The van der Waals surface area contributed by atoms with Gasteiger partial charge in [0.1, 0.15) is 21.6 Å². The normalized spacial score (nSPS) is 14.6. The molecule has 3 amide bonds. The van der Waals surface area contributed by atoms with Crippen molar-refractivity contribution in [2.24, 2.45) is 4.99 Å². The summed E-state index contributed by atoms with van der Waals surface area (Å²) in [7, 11) is 0. The van der Waals surface area contributed by atoms with Gasteiger partial charge in [0.15, 0.2) is 5.17 Å². The highest BCUT2D eigenvalue weighted by molar-refractivity contribution is 8.15. The minimum absolute atomic E-state index is 0.121. The van der Waals surface area contributed by atoms with Gasteiger partial charge in [-0.3, -0.25) is 9.69 Å². The summed E-state index contributed by atoms with van der Waals surface area (Å²) in [6.07, 6.45) is -4.80. The van der Waals surface area contributed by atoms with E-state index in [-0.39, 0.29) is 34.2 Å². The maximum Gasteiger partial charge on any atom is 0.573 e. The molecule has 14 heteroatoms. The zero-order chi connectivity index (χ0) is 30.9. The van der Waals surface area contributed by atoms with Gasteiger partial charge in [-0.25, -0.2) is 9.18 Å². The summed E-state index contributed by atoms with van der Waals surface area (Å²) in [5.41, 5.74) is 3.31. The summed E-state index contributed by atoms with van der Waals surface area (Å²) in [6, 6.07) is 14.1. The molecule has 1 N–H and O–H groups in total.